The van der Waals surface area contributed by atoms with E-state index in [1.807, 2.05) is 23.2 Å². The normalized spacial score (nSPS) is 19.1. The van der Waals surface area contributed by atoms with Gasteiger partial charge in [-0.2, -0.15) is 0 Å². The first-order valence-corrected chi connectivity index (χ1v) is 5.95. The Morgan fingerprint density at radius 2 is 2.44 bits per heavy atom. The lowest BCUT2D eigenvalue weighted by molar-refractivity contribution is 0.0729. The van der Waals surface area contributed by atoms with E-state index in [0.717, 1.165) is 24.9 Å². The first-order valence-electron chi connectivity index (χ1n) is 5.95. The van der Waals surface area contributed by atoms with Gasteiger partial charge in [-0.25, -0.2) is 4.98 Å². The highest BCUT2D eigenvalue weighted by Crippen LogP contribution is 2.32. The molecule has 92 valence electrons. The van der Waals surface area contributed by atoms with Gasteiger partial charge in [-0.3, -0.25) is 9.78 Å². The van der Waals surface area contributed by atoms with Crippen LogP contribution in [0.2, 0.25) is 0 Å². The zero-order chi connectivity index (χ0) is 12.4. The number of oxazole rings is 1. The Hall–Kier alpha value is -2.17. The van der Waals surface area contributed by atoms with Gasteiger partial charge in [0, 0.05) is 18.9 Å². The number of aromatic nitrogens is 2. The smallest absolute Gasteiger partial charge is 0.276 e. The average molecular weight is 243 g/mol. The van der Waals surface area contributed by atoms with Crippen molar-refractivity contribution in [3.8, 4) is 0 Å². The summed E-state index contributed by atoms with van der Waals surface area (Å²) in [5.41, 5.74) is 1.44. The van der Waals surface area contributed by atoms with E-state index >= 15 is 0 Å². The Labute approximate surface area is 104 Å². The lowest BCUT2D eigenvalue weighted by Gasteiger charge is -2.23. The Morgan fingerprint density at radius 1 is 1.50 bits per heavy atom. The van der Waals surface area contributed by atoms with Crippen molar-refractivity contribution in [1.82, 2.24) is 14.9 Å². The number of hydrogen-bond donors (Lipinski definition) is 0. The van der Waals surface area contributed by atoms with Crippen LogP contribution in [0.5, 0.6) is 0 Å². The molecule has 1 atom stereocenters. The average Bonchev–Trinajstić information content (AvgIpc) is 3.10. The second-order valence-corrected chi connectivity index (χ2v) is 4.32. The van der Waals surface area contributed by atoms with Crippen molar-refractivity contribution in [1.29, 1.82) is 0 Å². The summed E-state index contributed by atoms with van der Waals surface area (Å²) in [7, 11) is 0. The Kier molecular flexibility index (Phi) is 2.80. The van der Waals surface area contributed by atoms with E-state index in [2.05, 4.69) is 9.97 Å². The van der Waals surface area contributed by atoms with Gasteiger partial charge in [-0.05, 0) is 24.5 Å². The minimum Gasteiger partial charge on any atom is -0.451 e. The van der Waals surface area contributed by atoms with Crippen molar-refractivity contribution >= 4 is 5.91 Å². The number of rotatable bonds is 2. The number of carbonyl (C=O) groups excluding carboxylic acids is 1. The summed E-state index contributed by atoms with van der Waals surface area (Å²) in [6.45, 7) is 0.755. The highest BCUT2D eigenvalue weighted by atomic mass is 16.3. The van der Waals surface area contributed by atoms with Crippen LogP contribution in [-0.2, 0) is 0 Å². The maximum absolute atomic E-state index is 12.3. The van der Waals surface area contributed by atoms with Crippen LogP contribution in [-0.4, -0.2) is 27.3 Å². The fourth-order valence-electron chi connectivity index (χ4n) is 2.39. The van der Waals surface area contributed by atoms with E-state index in [-0.39, 0.29) is 11.9 Å². The van der Waals surface area contributed by atoms with Crippen molar-refractivity contribution in [2.24, 2.45) is 0 Å². The van der Waals surface area contributed by atoms with Gasteiger partial charge >= 0.3 is 0 Å². The third-order valence-electron chi connectivity index (χ3n) is 3.23. The molecule has 1 aliphatic heterocycles. The summed E-state index contributed by atoms with van der Waals surface area (Å²) >= 11 is 0. The van der Waals surface area contributed by atoms with Crippen LogP contribution in [0.15, 0.2) is 41.6 Å². The Morgan fingerprint density at radius 3 is 3.17 bits per heavy atom. The molecule has 1 aliphatic rings. The number of pyridine rings is 1. The predicted molar refractivity (Wildman–Crippen MR) is 63.8 cm³/mol. The molecule has 0 bridgehead atoms. The zero-order valence-electron chi connectivity index (χ0n) is 9.82. The van der Waals surface area contributed by atoms with Gasteiger partial charge in [0.15, 0.2) is 12.1 Å². The summed E-state index contributed by atoms with van der Waals surface area (Å²) in [6.07, 6.45) is 8.20. The highest BCUT2D eigenvalue weighted by Gasteiger charge is 2.31. The maximum atomic E-state index is 12.3. The molecule has 0 aromatic carbocycles. The van der Waals surface area contributed by atoms with Gasteiger partial charge in [0.1, 0.15) is 6.26 Å². The van der Waals surface area contributed by atoms with E-state index in [1.54, 1.807) is 6.20 Å². The molecule has 3 heterocycles. The molecule has 18 heavy (non-hydrogen) atoms. The van der Waals surface area contributed by atoms with Crippen molar-refractivity contribution in [3.05, 3.63) is 48.4 Å². The summed E-state index contributed by atoms with van der Waals surface area (Å²) in [6, 6.07) is 4.00. The van der Waals surface area contributed by atoms with Gasteiger partial charge in [-0.15, -0.1) is 0 Å². The van der Waals surface area contributed by atoms with Gasteiger partial charge in [0.2, 0.25) is 0 Å². The lowest BCUT2D eigenvalue weighted by atomic mass is 10.1. The molecule has 2 aromatic rings. The minimum absolute atomic E-state index is 0.0740. The van der Waals surface area contributed by atoms with Crippen LogP contribution >= 0.6 is 0 Å². The minimum atomic E-state index is -0.0740. The summed E-state index contributed by atoms with van der Waals surface area (Å²) in [5, 5.41) is 0. The number of amides is 1. The maximum Gasteiger partial charge on any atom is 0.276 e. The van der Waals surface area contributed by atoms with Gasteiger partial charge in [0.05, 0.1) is 6.04 Å². The number of likely N-dealkylation sites (tertiary alicyclic amines) is 1. The van der Waals surface area contributed by atoms with Gasteiger partial charge < -0.3 is 9.32 Å². The summed E-state index contributed by atoms with van der Waals surface area (Å²) < 4.78 is 4.87. The van der Waals surface area contributed by atoms with Gasteiger partial charge in [-0.1, -0.05) is 6.07 Å². The molecular weight excluding hydrogens is 230 g/mol. The molecule has 5 nitrogen and oxygen atoms in total. The van der Waals surface area contributed by atoms with Crippen LogP contribution in [0.4, 0.5) is 0 Å². The third-order valence-corrected chi connectivity index (χ3v) is 3.23. The molecule has 1 amide bonds. The van der Waals surface area contributed by atoms with Crippen LogP contribution in [0.25, 0.3) is 0 Å². The fourth-order valence-corrected chi connectivity index (χ4v) is 2.39. The number of hydrogen-bond acceptors (Lipinski definition) is 4. The molecule has 1 fully saturated rings. The molecule has 3 rings (SSSR count). The topological polar surface area (TPSA) is 59.2 Å². The predicted octanol–water partition coefficient (Wildman–Crippen LogP) is 2.05. The van der Waals surface area contributed by atoms with Crippen LogP contribution in [0.1, 0.15) is 34.9 Å². The highest BCUT2D eigenvalue weighted by molar-refractivity contribution is 5.92. The molecule has 0 saturated carbocycles. The zero-order valence-corrected chi connectivity index (χ0v) is 9.82. The molecule has 0 spiro atoms. The van der Waals surface area contributed by atoms with Crippen molar-refractivity contribution in [3.63, 3.8) is 0 Å². The second-order valence-electron chi connectivity index (χ2n) is 4.32. The molecule has 0 radical (unpaired) electrons. The van der Waals surface area contributed by atoms with Crippen molar-refractivity contribution in [2.75, 3.05) is 6.54 Å². The van der Waals surface area contributed by atoms with Crippen LogP contribution < -0.4 is 0 Å². The quantitative estimate of drug-likeness (QED) is 0.810. The SMILES string of the molecule is O=C(c1cocn1)N1CCCC1c1cccnc1. The van der Waals surface area contributed by atoms with Gasteiger partial charge in [0.25, 0.3) is 5.91 Å². The molecule has 1 saturated heterocycles. The number of carbonyl (C=O) groups is 1. The van der Waals surface area contributed by atoms with E-state index in [9.17, 15) is 4.79 Å². The number of nitrogens with zero attached hydrogens (tertiary/aromatic N) is 3. The van der Waals surface area contributed by atoms with Crippen LogP contribution in [0, 0.1) is 0 Å². The van der Waals surface area contributed by atoms with E-state index in [1.165, 1.54) is 12.7 Å². The second kappa shape index (κ2) is 4.60. The standard InChI is InChI=1S/C13H13N3O2/c17-13(11-8-18-9-15-11)16-6-2-4-12(16)10-3-1-5-14-7-10/h1,3,5,7-9,12H,2,4,6H2. The molecule has 5 heteroatoms. The molecule has 1 unspecified atom stereocenters. The third kappa shape index (κ3) is 1.88. The van der Waals surface area contributed by atoms with E-state index in [0.29, 0.717) is 5.69 Å². The largest absolute Gasteiger partial charge is 0.451 e. The van der Waals surface area contributed by atoms with Crippen molar-refractivity contribution < 1.29 is 9.21 Å². The summed E-state index contributed by atoms with van der Waals surface area (Å²) in [4.78, 5) is 22.1. The Bertz CT molecular complexity index is 524. The lowest BCUT2D eigenvalue weighted by Crippen LogP contribution is -2.30. The first-order chi connectivity index (χ1) is 8.86. The first kappa shape index (κ1) is 11.0. The Balaban J connectivity index is 1.86. The summed E-state index contributed by atoms with van der Waals surface area (Å²) in [5.74, 6) is -0.0740. The van der Waals surface area contributed by atoms with E-state index < -0.39 is 0 Å². The van der Waals surface area contributed by atoms with E-state index in [4.69, 9.17) is 4.42 Å². The van der Waals surface area contributed by atoms with Crippen molar-refractivity contribution in [2.45, 2.75) is 18.9 Å². The monoisotopic (exact) mass is 243 g/mol. The molecule has 0 aliphatic carbocycles. The molecule has 0 N–H and O–H groups in total. The van der Waals surface area contributed by atoms with Crippen LogP contribution in [0.3, 0.4) is 0 Å². The molecular formula is C13H13N3O2. The molecule has 2 aromatic heterocycles. The fraction of sp³-hybridized carbons (Fsp3) is 0.308.